The number of nitrogens with zero attached hydrogens (tertiary/aromatic N) is 4. The minimum atomic E-state index is 0.326. The first-order chi connectivity index (χ1) is 12.6. The third kappa shape index (κ3) is 4.30. The number of rotatable bonds is 6. The Morgan fingerprint density at radius 1 is 1.19 bits per heavy atom. The quantitative estimate of drug-likeness (QED) is 0.275. The average Bonchev–Trinajstić information content (AvgIpc) is 2.98. The van der Waals surface area contributed by atoms with Crippen LogP contribution < -0.4 is 11.3 Å². The molecule has 1 heterocycles. The summed E-state index contributed by atoms with van der Waals surface area (Å²) in [6.07, 6.45) is 1.54. The van der Waals surface area contributed by atoms with Gasteiger partial charge >= 0.3 is 0 Å². The molecule has 0 bridgehead atoms. The van der Waals surface area contributed by atoms with Gasteiger partial charge in [0.05, 0.1) is 16.3 Å². The summed E-state index contributed by atoms with van der Waals surface area (Å²) in [6, 6.07) is 13.5. The molecule has 0 spiro atoms. The molecular weight excluding hydrogens is 391 g/mol. The second-order valence-electron chi connectivity index (χ2n) is 5.40. The van der Waals surface area contributed by atoms with Crippen molar-refractivity contribution in [2.75, 3.05) is 11.3 Å². The van der Waals surface area contributed by atoms with Gasteiger partial charge < -0.3 is 5.84 Å². The molecule has 0 fully saturated rings. The van der Waals surface area contributed by atoms with Crippen LogP contribution in [0.1, 0.15) is 16.7 Å². The van der Waals surface area contributed by atoms with Gasteiger partial charge in [-0.3, -0.25) is 0 Å². The molecule has 3 aromatic rings. The Morgan fingerprint density at radius 3 is 2.81 bits per heavy atom. The van der Waals surface area contributed by atoms with E-state index in [2.05, 4.69) is 39.8 Å². The first-order valence-electron chi connectivity index (χ1n) is 7.67. The number of nitrogen functional groups attached to an aromatic ring is 1. The Kier molecular flexibility index (Phi) is 6.03. The van der Waals surface area contributed by atoms with Crippen molar-refractivity contribution in [1.82, 2.24) is 14.9 Å². The summed E-state index contributed by atoms with van der Waals surface area (Å²) < 4.78 is 1.36. The maximum absolute atomic E-state index is 6.11. The molecule has 3 N–H and O–H groups in total. The van der Waals surface area contributed by atoms with E-state index >= 15 is 0 Å². The van der Waals surface area contributed by atoms with E-state index in [1.165, 1.54) is 27.6 Å². The van der Waals surface area contributed by atoms with E-state index in [-0.39, 0.29) is 0 Å². The van der Waals surface area contributed by atoms with Crippen LogP contribution in [0.2, 0.25) is 10.0 Å². The number of benzene rings is 2. The van der Waals surface area contributed by atoms with Crippen molar-refractivity contribution in [2.24, 2.45) is 5.10 Å². The van der Waals surface area contributed by atoms with E-state index < -0.39 is 0 Å². The molecule has 1 aromatic heterocycles. The van der Waals surface area contributed by atoms with Crippen molar-refractivity contribution in [3.63, 3.8) is 0 Å². The average molecular weight is 407 g/mol. The molecule has 0 saturated heterocycles. The lowest BCUT2D eigenvalue weighted by Crippen LogP contribution is -2.13. The highest BCUT2D eigenvalue weighted by Gasteiger charge is 2.10. The van der Waals surface area contributed by atoms with Crippen molar-refractivity contribution >= 4 is 47.1 Å². The first-order valence-corrected chi connectivity index (χ1v) is 9.41. The number of nitrogens with two attached hydrogens (primary N) is 1. The maximum Gasteiger partial charge on any atom is 0.264 e. The molecule has 134 valence electrons. The molecule has 26 heavy (non-hydrogen) atoms. The Hall–Kier alpha value is -2.22. The van der Waals surface area contributed by atoms with E-state index in [1.54, 1.807) is 24.4 Å². The Bertz CT molecular complexity index is 941. The summed E-state index contributed by atoms with van der Waals surface area (Å²) in [6.45, 7) is 2.08. The predicted molar refractivity (Wildman–Crippen MR) is 109 cm³/mol. The Morgan fingerprint density at radius 2 is 2.00 bits per heavy atom. The van der Waals surface area contributed by atoms with Crippen LogP contribution in [-0.4, -0.2) is 21.1 Å². The van der Waals surface area contributed by atoms with E-state index in [0.29, 0.717) is 26.7 Å². The second-order valence-corrected chi connectivity index (χ2v) is 7.13. The molecule has 0 saturated carbocycles. The molecule has 0 aliphatic heterocycles. The van der Waals surface area contributed by atoms with E-state index in [9.17, 15) is 0 Å². The van der Waals surface area contributed by atoms with Crippen LogP contribution in [0.5, 0.6) is 0 Å². The van der Waals surface area contributed by atoms with Gasteiger partial charge in [-0.15, -0.1) is 10.2 Å². The number of aryl methyl sites for hydroxylation is 1. The number of nitrogens with one attached hydrogen (secondary N) is 1. The molecule has 0 amide bonds. The number of hydrazone groups is 1. The van der Waals surface area contributed by atoms with Crippen molar-refractivity contribution in [3.05, 3.63) is 69.2 Å². The van der Waals surface area contributed by atoms with Gasteiger partial charge in [-0.1, -0.05) is 71.4 Å². The fraction of sp³-hybridized carbons (Fsp3) is 0.118. The molecule has 0 aliphatic rings. The zero-order valence-electron chi connectivity index (χ0n) is 13.9. The second kappa shape index (κ2) is 8.44. The summed E-state index contributed by atoms with van der Waals surface area (Å²) in [5, 5.41) is 13.7. The van der Waals surface area contributed by atoms with Crippen molar-refractivity contribution in [3.8, 4) is 0 Å². The number of aromatic nitrogens is 3. The summed E-state index contributed by atoms with van der Waals surface area (Å²) in [4.78, 5) is 0. The van der Waals surface area contributed by atoms with Gasteiger partial charge in [-0.2, -0.15) is 5.10 Å². The van der Waals surface area contributed by atoms with Crippen LogP contribution in [0.4, 0.5) is 5.95 Å². The number of anilines is 1. The van der Waals surface area contributed by atoms with Crippen LogP contribution in [0.15, 0.2) is 52.7 Å². The van der Waals surface area contributed by atoms with Crippen LogP contribution in [0.25, 0.3) is 0 Å². The SMILES string of the molecule is Cc1ccccc1CSc1nnc(N/N=C/c2cccc(Cl)c2Cl)n1N. The summed E-state index contributed by atoms with van der Waals surface area (Å²) in [7, 11) is 0. The minimum absolute atomic E-state index is 0.326. The fourth-order valence-electron chi connectivity index (χ4n) is 2.15. The Balaban J connectivity index is 1.64. The molecule has 0 radical (unpaired) electrons. The lowest BCUT2D eigenvalue weighted by atomic mass is 10.1. The smallest absolute Gasteiger partial charge is 0.264 e. The van der Waals surface area contributed by atoms with Crippen LogP contribution in [0, 0.1) is 6.92 Å². The van der Waals surface area contributed by atoms with Gasteiger partial charge in [0.25, 0.3) is 5.95 Å². The standard InChI is InChI=1S/C17H16Cl2N6S/c1-11-5-2-3-6-13(11)10-26-17-24-23-16(25(17)20)22-21-9-12-7-4-8-14(18)15(12)19/h2-9H,10,20H2,1H3,(H,22,23)/b21-9+. The normalized spacial score (nSPS) is 11.2. The predicted octanol–water partition coefficient (Wildman–Crippen LogP) is 4.35. The summed E-state index contributed by atoms with van der Waals surface area (Å²) >= 11 is 13.6. The van der Waals surface area contributed by atoms with Gasteiger partial charge in [0.1, 0.15) is 0 Å². The van der Waals surface area contributed by atoms with Gasteiger partial charge in [0.2, 0.25) is 5.16 Å². The topological polar surface area (TPSA) is 81.1 Å². The largest absolute Gasteiger partial charge is 0.334 e. The van der Waals surface area contributed by atoms with E-state index in [4.69, 9.17) is 29.0 Å². The maximum atomic E-state index is 6.11. The third-order valence-corrected chi connectivity index (χ3v) is 5.46. The van der Waals surface area contributed by atoms with Gasteiger partial charge in [-0.25, -0.2) is 10.1 Å². The lowest BCUT2D eigenvalue weighted by Gasteiger charge is -2.05. The highest BCUT2D eigenvalue weighted by molar-refractivity contribution is 7.98. The van der Waals surface area contributed by atoms with Crippen LogP contribution in [0.3, 0.4) is 0 Å². The summed E-state index contributed by atoms with van der Waals surface area (Å²) in [5.41, 5.74) is 5.89. The zero-order chi connectivity index (χ0) is 18.5. The molecular formula is C17H16Cl2N6S. The van der Waals surface area contributed by atoms with Gasteiger partial charge in [0.15, 0.2) is 0 Å². The van der Waals surface area contributed by atoms with Crippen molar-refractivity contribution in [1.29, 1.82) is 0 Å². The molecule has 0 unspecified atom stereocenters. The molecule has 2 aromatic carbocycles. The number of halogens is 2. The summed E-state index contributed by atoms with van der Waals surface area (Å²) in [5.74, 6) is 7.11. The minimum Gasteiger partial charge on any atom is -0.334 e. The molecule has 0 aliphatic carbocycles. The zero-order valence-corrected chi connectivity index (χ0v) is 16.2. The molecule has 6 nitrogen and oxygen atoms in total. The van der Waals surface area contributed by atoms with Crippen molar-refractivity contribution in [2.45, 2.75) is 17.8 Å². The number of thioether (sulfide) groups is 1. The highest BCUT2D eigenvalue weighted by atomic mass is 35.5. The van der Waals surface area contributed by atoms with Crippen LogP contribution in [-0.2, 0) is 5.75 Å². The monoisotopic (exact) mass is 406 g/mol. The van der Waals surface area contributed by atoms with Gasteiger partial charge in [-0.05, 0) is 24.1 Å². The van der Waals surface area contributed by atoms with Crippen LogP contribution >= 0.6 is 35.0 Å². The lowest BCUT2D eigenvalue weighted by molar-refractivity contribution is 0.847. The molecule has 3 rings (SSSR count). The molecule has 0 atom stereocenters. The van der Waals surface area contributed by atoms with E-state index in [1.807, 2.05) is 12.1 Å². The molecule has 9 heteroatoms. The third-order valence-electron chi connectivity index (χ3n) is 3.63. The van der Waals surface area contributed by atoms with Gasteiger partial charge in [0, 0.05) is 11.3 Å². The van der Waals surface area contributed by atoms with Crippen molar-refractivity contribution < 1.29 is 0 Å². The first kappa shape index (κ1) is 18.6. The Labute approximate surface area is 165 Å². The highest BCUT2D eigenvalue weighted by Crippen LogP contribution is 2.25. The fourth-order valence-corrected chi connectivity index (χ4v) is 3.44. The van der Waals surface area contributed by atoms with E-state index in [0.717, 1.165) is 5.75 Å². The number of hydrogen-bond acceptors (Lipinski definition) is 6. The number of hydrogen-bond donors (Lipinski definition) is 2.